The minimum Gasteiger partial charge on any atom is -0.465 e. The number of rotatable bonds is 5. The summed E-state index contributed by atoms with van der Waals surface area (Å²) in [5.74, 6) is -1.10. The maximum absolute atomic E-state index is 12.7. The van der Waals surface area contributed by atoms with E-state index in [0.717, 1.165) is 35.5 Å². The molecule has 0 spiro atoms. The maximum Gasteiger partial charge on any atom is 0.350 e. The first-order chi connectivity index (χ1) is 12.3. The molecule has 1 aliphatic heterocycles. The zero-order valence-electron chi connectivity index (χ0n) is 14.1. The number of methoxy groups -OCH3 is 1. The van der Waals surface area contributed by atoms with E-state index in [2.05, 4.69) is 15.0 Å². The van der Waals surface area contributed by atoms with Gasteiger partial charge in [-0.3, -0.25) is 10.1 Å². The van der Waals surface area contributed by atoms with Gasteiger partial charge in [0.25, 0.3) is 5.91 Å². The Labute approximate surface area is 158 Å². The molecule has 1 N–H and O–H groups in total. The van der Waals surface area contributed by atoms with E-state index >= 15 is 0 Å². The number of hydrogen-bond donors (Lipinski definition) is 1. The van der Waals surface area contributed by atoms with E-state index in [9.17, 15) is 18.0 Å². The molecule has 26 heavy (non-hydrogen) atoms. The van der Waals surface area contributed by atoms with Crippen LogP contribution in [-0.4, -0.2) is 49.8 Å². The highest BCUT2D eigenvalue weighted by Gasteiger charge is 2.32. The second-order valence-corrected chi connectivity index (χ2v) is 9.43. The average molecular weight is 416 g/mol. The largest absolute Gasteiger partial charge is 0.465 e. The zero-order valence-corrected chi connectivity index (χ0v) is 16.6. The molecule has 1 aliphatic rings. The number of sulfonamides is 1. The molecule has 140 valence electrons. The third-order valence-corrected chi connectivity index (χ3v) is 7.94. The lowest BCUT2D eigenvalue weighted by Crippen LogP contribution is -2.29. The van der Waals surface area contributed by atoms with Crippen molar-refractivity contribution in [2.75, 3.05) is 25.5 Å². The fourth-order valence-electron chi connectivity index (χ4n) is 2.62. The molecule has 0 aliphatic carbocycles. The molecular formula is C15H17N3O5S3. The van der Waals surface area contributed by atoms with Gasteiger partial charge >= 0.3 is 5.97 Å². The number of esters is 1. The van der Waals surface area contributed by atoms with Crippen molar-refractivity contribution in [2.24, 2.45) is 0 Å². The molecule has 2 aromatic heterocycles. The maximum atomic E-state index is 12.7. The van der Waals surface area contributed by atoms with Gasteiger partial charge in [-0.15, -0.1) is 11.3 Å². The van der Waals surface area contributed by atoms with Gasteiger partial charge in [0.2, 0.25) is 10.0 Å². The first-order valence-corrected chi connectivity index (χ1v) is 10.9. The number of hydrogen-bond acceptors (Lipinski definition) is 8. The highest BCUT2D eigenvalue weighted by atomic mass is 32.2. The average Bonchev–Trinajstić information content (AvgIpc) is 3.34. The van der Waals surface area contributed by atoms with Gasteiger partial charge in [-0.25, -0.2) is 18.2 Å². The minimum atomic E-state index is -3.69. The van der Waals surface area contributed by atoms with Gasteiger partial charge in [-0.2, -0.15) is 4.31 Å². The van der Waals surface area contributed by atoms with E-state index in [1.807, 2.05) is 0 Å². The fourth-order valence-corrected chi connectivity index (χ4v) is 6.31. The summed E-state index contributed by atoms with van der Waals surface area (Å²) in [4.78, 5) is 28.8. The quantitative estimate of drug-likeness (QED) is 0.752. The predicted molar refractivity (Wildman–Crippen MR) is 98.5 cm³/mol. The van der Waals surface area contributed by atoms with Crippen molar-refractivity contribution in [3.05, 3.63) is 26.9 Å². The van der Waals surface area contributed by atoms with Crippen LogP contribution in [0.3, 0.4) is 0 Å². The van der Waals surface area contributed by atoms with Crippen LogP contribution in [0, 0.1) is 6.92 Å². The number of carbonyl (C=O) groups is 2. The first-order valence-electron chi connectivity index (χ1n) is 7.79. The lowest BCUT2D eigenvalue weighted by atomic mass is 10.4. The van der Waals surface area contributed by atoms with E-state index in [0.29, 0.717) is 23.7 Å². The summed E-state index contributed by atoms with van der Waals surface area (Å²) < 4.78 is 31.5. The highest BCUT2D eigenvalue weighted by Crippen LogP contribution is 2.29. The molecular weight excluding hydrogens is 398 g/mol. The number of thiazole rings is 1. The first kappa shape index (κ1) is 19.0. The van der Waals surface area contributed by atoms with Crippen molar-refractivity contribution < 1.29 is 22.7 Å². The van der Waals surface area contributed by atoms with Gasteiger partial charge in [0.05, 0.1) is 12.8 Å². The highest BCUT2D eigenvalue weighted by molar-refractivity contribution is 7.89. The van der Waals surface area contributed by atoms with Crippen molar-refractivity contribution in [1.29, 1.82) is 0 Å². The summed E-state index contributed by atoms with van der Waals surface area (Å²) in [6.07, 6.45) is 1.64. The number of anilines is 1. The van der Waals surface area contributed by atoms with Gasteiger partial charge in [0.15, 0.2) is 5.13 Å². The van der Waals surface area contributed by atoms with E-state index in [1.54, 1.807) is 12.3 Å². The molecule has 0 unspecified atom stereocenters. The second-order valence-electron chi connectivity index (χ2n) is 5.60. The van der Waals surface area contributed by atoms with Crippen LogP contribution in [0.15, 0.2) is 16.3 Å². The number of thiophene rings is 1. The lowest BCUT2D eigenvalue weighted by molar-refractivity contribution is 0.0605. The zero-order chi connectivity index (χ0) is 18.9. The van der Waals surface area contributed by atoms with Crippen molar-refractivity contribution >= 4 is 49.7 Å². The molecule has 3 heterocycles. The monoisotopic (exact) mass is 415 g/mol. The summed E-state index contributed by atoms with van der Waals surface area (Å²) >= 11 is 2.04. The van der Waals surface area contributed by atoms with Crippen LogP contribution < -0.4 is 5.32 Å². The number of aryl methyl sites for hydroxylation is 1. The van der Waals surface area contributed by atoms with E-state index < -0.39 is 21.9 Å². The summed E-state index contributed by atoms with van der Waals surface area (Å²) in [5, 5.41) is 4.36. The number of nitrogens with one attached hydrogen (secondary N) is 1. The normalized spacial score (nSPS) is 15.2. The third-order valence-electron chi connectivity index (χ3n) is 3.91. The third kappa shape index (κ3) is 3.52. The molecule has 0 aromatic carbocycles. The van der Waals surface area contributed by atoms with Crippen LogP contribution in [0.4, 0.5) is 5.13 Å². The Balaban J connectivity index is 1.84. The molecule has 1 saturated heterocycles. The topological polar surface area (TPSA) is 106 Å². The standard InChI is InChI=1S/C15H17N3O5S3/c1-9-11(14(20)23-2)25-15(16-9)17-13(19)12-10(5-8-24-12)26(21,22)18-6-3-4-7-18/h5,8H,3-4,6-7H2,1-2H3,(H,16,17,19). The number of carbonyl (C=O) groups excluding carboxylic acids is 2. The van der Waals surface area contributed by atoms with Crippen molar-refractivity contribution in [3.63, 3.8) is 0 Å². The van der Waals surface area contributed by atoms with E-state index in [4.69, 9.17) is 0 Å². The Morgan fingerprint density at radius 1 is 1.27 bits per heavy atom. The summed E-state index contributed by atoms with van der Waals surface area (Å²) in [7, 11) is -2.43. The smallest absolute Gasteiger partial charge is 0.350 e. The van der Waals surface area contributed by atoms with Crippen LogP contribution >= 0.6 is 22.7 Å². The Bertz CT molecular complexity index is 942. The van der Waals surface area contributed by atoms with Gasteiger partial charge < -0.3 is 4.74 Å². The molecule has 3 rings (SSSR count). The molecule has 0 saturated carbocycles. The Hall–Kier alpha value is -1.82. The second kappa shape index (κ2) is 7.43. The number of amides is 1. The molecule has 0 radical (unpaired) electrons. The molecule has 8 nitrogen and oxygen atoms in total. The van der Waals surface area contributed by atoms with Crippen LogP contribution in [0.5, 0.6) is 0 Å². The molecule has 0 bridgehead atoms. The van der Waals surface area contributed by atoms with Gasteiger partial charge in [0.1, 0.15) is 14.6 Å². The Morgan fingerprint density at radius 2 is 1.96 bits per heavy atom. The van der Waals surface area contributed by atoms with Crippen molar-refractivity contribution in [2.45, 2.75) is 24.7 Å². The summed E-state index contributed by atoms with van der Waals surface area (Å²) in [6.45, 7) is 2.56. The molecule has 2 aromatic rings. The van der Waals surface area contributed by atoms with Crippen LogP contribution in [0.2, 0.25) is 0 Å². The van der Waals surface area contributed by atoms with Crippen molar-refractivity contribution in [3.8, 4) is 0 Å². The molecule has 0 atom stereocenters. The fraction of sp³-hybridized carbons (Fsp3) is 0.400. The summed E-state index contributed by atoms with van der Waals surface area (Å²) in [6, 6.07) is 1.44. The number of aromatic nitrogens is 1. The number of nitrogens with zero attached hydrogens (tertiary/aromatic N) is 2. The van der Waals surface area contributed by atoms with Gasteiger partial charge in [-0.05, 0) is 31.2 Å². The van der Waals surface area contributed by atoms with Crippen LogP contribution in [0.25, 0.3) is 0 Å². The molecule has 1 fully saturated rings. The summed E-state index contributed by atoms with van der Waals surface area (Å²) in [5.41, 5.74) is 0.438. The lowest BCUT2D eigenvalue weighted by Gasteiger charge is -2.15. The van der Waals surface area contributed by atoms with E-state index in [1.165, 1.54) is 17.5 Å². The minimum absolute atomic E-state index is 0.00312. The van der Waals surface area contributed by atoms with Crippen molar-refractivity contribution in [1.82, 2.24) is 9.29 Å². The Kier molecular flexibility index (Phi) is 5.42. The van der Waals surface area contributed by atoms with Gasteiger partial charge in [0, 0.05) is 13.1 Å². The Morgan fingerprint density at radius 3 is 2.62 bits per heavy atom. The van der Waals surface area contributed by atoms with E-state index in [-0.39, 0.29) is 14.9 Å². The van der Waals surface area contributed by atoms with Gasteiger partial charge in [-0.1, -0.05) is 11.3 Å². The molecule has 1 amide bonds. The number of ether oxygens (including phenoxy) is 1. The molecule has 11 heteroatoms. The van der Waals surface area contributed by atoms with Crippen LogP contribution in [0.1, 0.15) is 37.9 Å². The predicted octanol–water partition coefficient (Wildman–Crippen LogP) is 2.34. The SMILES string of the molecule is COC(=O)c1sc(NC(=O)c2sccc2S(=O)(=O)N2CCCC2)nc1C. The van der Waals surface area contributed by atoms with Crippen LogP contribution in [-0.2, 0) is 14.8 Å².